The second-order valence-corrected chi connectivity index (χ2v) is 22.4. The Kier molecular flexibility index (Phi) is 52.6. The number of carboxylic acid groups (broad SMARTS) is 1. The van der Waals surface area contributed by atoms with Gasteiger partial charge in [0.1, 0.15) is 18.8 Å². The highest BCUT2D eigenvalue weighted by molar-refractivity contribution is 5.74. The molecule has 0 amide bonds. The third-order valence-electron chi connectivity index (χ3n) is 14.8. The number of allylic oxidation sites excluding steroid dienone is 12. The second kappa shape index (κ2) is 56.6. The van der Waals surface area contributed by atoms with Crippen LogP contribution >= 0.6 is 0 Å². The number of hydrogen-bond acceptors (Lipinski definition) is 11. The Morgan fingerprint density at radius 3 is 1.21 bits per heavy atom. The van der Waals surface area contributed by atoms with Gasteiger partial charge in [-0.05, 0) is 89.9 Å². The van der Waals surface area contributed by atoms with E-state index in [1.807, 2.05) is 0 Å². The highest BCUT2D eigenvalue weighted by atomic mass is 16.7. The van der Waals surface area contributed by atoms with Crippen molar-refractivity contribution in [2.45, 2.75) is 327 Å². The zero-order valence-electron chi connectivity index (χ0n) is 51.5. The number of carboxylic acids is 1. The summed E-state index contributed by atoms with van der Waals surface area (Å²) in [5.41, 5.74) is 0. The maximum atomic E-state index is 13.2. The molecule has 1 rings (SSSR count). The Bertz CT molecular complexity index is 1680. The van der Waals surface area contributed by atoms with E-state index in [-0.39, 0.29) is 25.9 Å². The van der Waals surface area contributed by atoms with Crippen LogP contribution in [0.1, 0.15) is 290 Å². The van der Waals surface area contributed by atoms with E-state index in [9.17, 15) is 34.5 Å². The predicted molar refractivity (Wildman–Crippen MR) is 331 cm³/mol. The van der Waals surface area contributed by atoms with Crippen LogP contribution in [0.2, 0.25) is 0 Å². The van der Waals surface area contributed by atoms with Crippen molar-refractivity contribution in [3.63, 3.8) is 0 Å². The molecule has 1 saturated heterocycles. The first-order valence-electron chi connectivity index (χ1n) is 32.9. The third-order valence-corrected chi connectivity index (χ3v) is 14.8. The van der Waals surface area contributed by atoms with E-state index >= 15 is 0 Å². The standard InChI is InChI=1S/C69H118O12/c1-4-7-10-13-16-19-22-25-28-30-31-33-35-37-40-43-46-49-52-55-61(70)77-58-60(79-62(71)56-53-50-47-44-41-38-34-27-24-21-18-15-12-9-6-3)59-78-69-67(65(74)64(73)66(81-69)68(75)76)80-63(72)57-54-51-48-45-42-39-36-32-29-26-23-20-17-14-11-8-5-2/h7,10,16,19,25,27-28,31,33-34,37,40,60,64-67,69,73-74H,4-6,8-9,11-15,17-18,20-24,26,29-30,32,35-36,38-39,41-59H2,1-3H3,(H,75,76)/b10-7-,19-16-,28-25-,33-31-,34-27-,40-37-. The third kappa shape index (κ3) is 46.3. The minimum Gasteiger partial charge on any atom is -0.479 e. The number of hydrogen-bond donors (Lipinski definition) is 3. The molecule has 1 aliphatic heterocycles. The minimum absolute atomic E-state index is 0.0585. The molecule has 466 valence electrons. The number of carbonyl (C=O) groups is 4. The molecule has 0 aromatic rings. The van der Waals surface area contributed by atoms with Crippen molar-refractivity contribution >= 4 is 23.9 Å². The van der Waals surface area contributed by atoms with Gasteiger partial charge in [-0.15, -0.1) is 0 Å². The van der Waals surface area contributed by atoms with Gasteiger partial charge < -0.3 is 39.0 Å². The van der Waals surface area contributed by atoms with E-state index in [1.54, 1.807) is 0 Å². The first kappa shape index (κ1) is 75.2. The summed E-state index contributed by atoms with van der Waals surface area (Å²) < 4.78 is 28.5. The summed E-state index contributed by atoms with van der Waals surface area (Å²) in [5, 5.41) is 31.6. The molecule has 6 atom stereocenters. The van der Waals surface area contributed by atoms with Crippen LogP contribution in [0.25, 0.3) is 0 Å². The van der Waals surface area contributed by atoms with Crippen molar-refractivity contribution in [2.75, 3.05) is 13.2 Å². The summed E-state index contributed by atoms with van der Waals surface area (Å²) in [6, 6.07) is 0. The van der Waals surface area contributed by atoms with Gasteiger partial charge in [-0.1, -0.05) is 254 Å². The highest BCUT2D eigenvalue weighted by Crippen LogP contribution is 2.27. The lowest BCUT2D eigenvalue weighted by molar-refractivity contribution is -0.301. The van der Waals surface area contributed by atoms with Gasteiger partial charge >= 0.3 is 23.9 Å². The molecular weight excluding hydrogens is 1020 g/mol. The fraction of sp³-hybridized carbons (Fsp3) is 0.768. The van der Waals surface area contributed by atoms with Crippen molar-refractivity contribution in [3.8, 4) is 0 Å². The van der Waals surface area contributed by atoms with Gasteiger partial charge in [0.25, 0.3) is 0 Å². The number of unbranched alkanes of at least 4 members (excludes halogenated alkanes) is 30. The smallest absolute Gasteiger partial charge is 0.335 e. The van der Waals surface area contributed by atoms with Crippen LogP contribution in [-0.4, -0.2) is 89.2 Å². The molecule has 81 heavy (non-hydrogen) atoms. The second-order valence-electron chi connectivity index (χ2n) is 22.4. The highest BCUT2D eigenvalue weighted by Gasteiger charge is 2.50. The molecule has 3 N–H and O–H groups in total. The number of esters is 3. The molecule has 12 heteroatoms. The number of aliphatic hydroxyl groups is 2. The largest absolute Gasteiger partial charge is 0.479 e. The van der Waals surface area contributed by atoms with E-state index in [0.29, 0.717) is 19.3 Å². The predicted octanol–water partition coefficient (Wildman–Crippen LogP) is 17.7. The summed E-state index contributed by atoms with van der Waals surface area (Å²) in [4.78, 5) is 51.3. The van der Waals surface area contributed by atoms with Gasteiger partial charge in [-0.3, -0.25) is 14.4 Å². The average Bonchev–Trinajstić information content (AvgIpc) is 3.53. The number of aliphatic carboxylic acids is 1. The summed E-state index contributed by atoms with van der Waals surface area (Å²) in [6.07, 6.45) is 60.0. The number of carbonyl (C=O) groups excluding carboxylic acids is 3. The maximum absolute atomic E-state index is 13.2. The quantitative estimate of drug-likeness (QED) is 0.0228. The van der Waals surface area contributed by atoms with Crippen molar-refractivity contribution < 1.29 is 58.2 Å². The Hall–Kier alpha value is -3.84. The molecule has 12 nitrogen and oxygen atoms in total. The van der Waals surface area contributed by atoms with Gasteiger partial charge in [-0.2, -0.15) is 0 Å². The van der Waals surface area contributed by atoms with Crippen molar-refractivity contribution in [2.24, 2.45) is 0 Å². The van der Waals surface area contributed by atoms with Gasteiger partial charge in [0.05, 0.1) is 6.61 Å². The fourth-order valence-electron chi connectivity index (χ4n) is 9.74. The molecule has 0 aromatic carbocycles. The molecule has 6 unspecified atom stereocenters. The van der Waals surface area contributed by atoms with Crippen LogP contribution < -0.4 is 0 Å². The number of aliphatic hydroxyl groups excluding tert-OH is 2. The van der Waals surface area contributed by atoms with Gasteiger partial charge in [0.15, 0.2) is 24.6 Å². The van der Waals surface area contributed by atoms with E-state index in [4.69, 9.17) is 23.7 Å². The SMILES string of the molecule is CC/C=C\C/C=C\C/C=C\C/C=C\C/C=C\CCCCCC(=O)OCC(COC1OC(C(=O)O)C(O)C(O)C1OC(=O)CCCCCCCCCCCCCCCCCCC)OC(=O)CCCCCCC/C=C\CCCCCCCC. The first-order valence-corrected chi connectivity index (χ1v) is 32.9. The molecule has 1 fully saturated rings. The number of ether oxygens (including phenoxy) is 5. The molecule has 0 bridgehead atoms. The lowest BCUT2D eigenvalue weighted by Crippen LogP contribution is -2.61. The Morgan fingerprint density at radius 2 is 0.778 bits per heavy atom. The molecule has 0 aromatic heterocycles. The molecule has 0 spiro atoms. The van der Waals surface area contributed by atoms with Crippen molar-refractivity contribution in [1.29, 1.82) is 0 Å². The molecule has 0 aliphatic carbocycles. The van der Waals surface area contributed by atoms with Gasteiger partial charge in [0, 0.05) is 19.3 Å². The summed E-state index contributed by atoms with van der Waals surface area (Å²) in [6.45, 7) is 5.88. The lowest BCUT2D eigenvalue weighted by atomic mass is 9.98. The number of rotatable bonds is 56. The van der Waals surface area contributed by atoms with E-state index in [2.05, 4.69) is 93.7 Å². The van der Waals surface area contributed by atoms with Crippen LogP contribution in [0.4, 0.5) is 0 Å². The summed E-state index contributed by atoms with van der Waals surface area (Å²) in [7, 11) is 0. The Labute approximate surface area is 493 Å². The zero-order chi connectivity index (χ0) is 58.9. The molecule has 1 aliphatic rings. The lowest BCUT2D eigenvalue weighted by Gasteiger charge is -2.40. The van der Waals surface area contributed by atoms with Crippen molar-refractivity contribution in [1.82, 2.24) is 0 Å². The normalized spacial score (nSPS) is 18.2. The van der Waals surface area contributed by atoms with E-state index in [0.717, 1.165) is 116 Å². The van der Waals surface area contributed by atoms with Gasteiger partial charge in [-0.25, -0.2) is 4.79 Å². The minimum atomic E-state index is -1.91. The molecule has 0 radical (unpaired) electrons. The van der Waals surface area contributed by atoms with Crippen LogP contribution in [0.3, 0.4) is 0 Å². The first-order chi connectivity index (χ1) is 39.6. The maximum Gasteiger partial charge on any atom is 0.335 e. The average molecular weight is 1140 g/mol. The van der Waals surface area contributed by atoms with E-state index < -0.39 is 67.3 Å². The van der Waals surface area contributed by atoms with Gasteiger partial charge in [0.2, 0.25) is 0 Å². The summed E-state index contributed by atoms with van der Waals surface area (Å²) >= 11 is 0. The Balaban J connectivity index is 2.68. The van der Waals surface area contributed by atoms with E-state index in [1.165, 1.54) is 116 Å². The fourth-order valence-corrected chi connectivity index (χ4v) is 9.74. The van der Waals surface area contributed by atoms with Crippen LogP contribution in [0.15, 0.2) is 72.9 Å². The topological polar surface area (TPSA) is 175 Å². The van der Waals surface area contributed by atoms with Crippen LogP contribution in [0, 0.1) is 0 Å². The monoisotopic (exact) mass is 1140 g/mol. The molecule has 1 heterocycles. The Morgan fingerprint density at radius 1 is 0.420 bits per heavy atom. The summed E-state index contributed by atoms with van der Waals surface area (Å²) in [5.74, 6) is -3.16. The zero-order valence-corrected chi connectivity index (χ0v) is 51.5. The van der Waals surface area contributed by atoms with Crippen molar-refractivity contribution in [3.05, 3.63) is 72.9 Å². The van der Waals surface area contributed by atoms with Crippen LogP contribution in [0.5, 0.6) is 0 Å². The molecular formula is C69H118O12. The van der Waals surface area contributed by atoms with Crippen LogP contribution in [-0.2, 0) is 42.9 Å². The molecule has 0 saturated carbocycles.